The van der Waals surface area contributed by atoms with Gasteiger partial charge in [0.05, 0.1) is 12.1 Å². The Morgan fingerprint density at radius 3 is 2.47 bits per heavy atom. The number of nitrogens with one attached hydrogen (secondary N) is 3. The molecule has 0 aliphatic rings. The van der Waals surface area contributed by atoms with Gasteiger partial charge in [-0.2, -0.15) is 4.68 Å². The van der Waals surface area contributed by atoms with Gasteiger partial charge in [-0.25, -0.2) is 0 Å². The zero-order valence-corrected chi connectivity index (χ0v) is 23.6. The van der Waals surface area contributed by atoms with Crippen LogP contribution in [0.2, 0.25) is 5.02 Å². The van der Waals surface area contributed by atoms with Crippen molar-refractivity contribution < 1.29 is 24.3 Å². The molecule has 0 bridgehead atoms. The Labute approximate surface area is 251 Å². The number of aryl methyl sites for hydroxylation is 1. The van der Waals surface area contributed by atoms with Gasteiger partial charge in [0.25, 0.3) is 5.91 Å². The Morgan fingerprint density at radius 1 is 1.00 bits per heavy atom. The highest BCUT2D eigenvalue weighted by Crippen LogP contribution is 2.20. The fourth-order valence-corrected chi connectivity index (χ4v) is 4.25. The van der Waals surface area contributed by atoms with Crippen LogP contribution in [0.1, 0.15) is 34.3 Å². The number of tetrazole rings is 1. The van der Waals surface area contributed by atoms with E-state index in [-0.39, 0.29) is 13.0 Å². The van der Waals surface area contributed by atoms with Crippen molar-refractivity contribution in [1.82, 2.24) is 30.8 Å². The Morgan fingerprint density at radius 2 is 1.77 bits per heavy atom. The van der Waals surface area contributed by atoms with E-state index in [0.717, 1.165) is 5.56 Å². The molecule has 13 heteroatoms. The fourth-order valence-electron chi connectivity index (χ4n) is 4.07. The second-order valence-corrected chi connectivity index (χ2v) is 9.78. The van der Waals surface area contributed by atoms with E-state index in [2.05, 4.69) is 31.5 Å². The van der Waals surface area contributed by atoms with Gasteiger partial charge in [-0.1, -0.05) is 41.9 Å². The van der Waals surface area contributed by atoms with Crippen LogP contribution in [-0.2, 0) is 20.8 Å². The van der Waals surface area contributed by atoms with Crippen LogP contribution in [0.25, 0.3) is 11.8 Å². The van der Waals surface area contributed by atoms with Crippen LogP contribution in [0.15, 0.2) is 85.2 Å². The SMILES string of the molecule is O=C(O)CCNC(=O)c1ccc(NC(=O)[C@H](CCc2ccccc2)NC(=O)/C=C/c2cc(Cl)ccc2-n2cnnn2)cc1. The molecule has 0 aliphatic heterocycles. The van der Waals surface area contributed by atoms with Gasteiger partial charge in [0.2, 0.25) is 11.8 Å². The Hall–Kier alpha value is -5.36. The van der Waals surface area contributed by atoms with E-state index in [1.807, 2.05) is 30.3 Å². The Bertz CT molecular complexity index is 1590. The molecule has 1 aromatic heterocycles. The molecule has 4 rings (SSSR count). The van der Waals surface area contributed by atoms with E-state index < -0.39 is 29.7 Å². The van der Waals surface area contributed by atoms with E-state index in [0.29, 0.717) is 40.4 Å². The summed E-state index contributed by atoms with van der Waals surface area (Å²) in [6.45, 7) is 0.000172. The monoisotopic (exact) mass is 601 g/mol. The molecule has 0 spiro atoms. The number of aromatic nitrogens is 4. The highest BCUT2D eigenvalue weighted by Gasteiger charge is 2.20. The van der Waals surface area contributed by atoms with Gasteiger partial charge in [-0.3, -0.25) is 19.2 Å². The number of halogens is 1. The van der Waals surface area contributed by atoms with E-state index in [9.17, 15) is 19.2 Å². The third-order valence-corrected chi connectivity index (χ3v) is 6.47. The van der Waals surface area contributed by atoms with E-state index in [1.165, 1.54) is 29.2 Å². The minimum Gasteiger partial charge on any atom is -0.481 e. The van der Waals surface area contributed by atoms with Crippen LogP contribution in [0, 0.1) is 0 Å². The van der Waals surface area contributed by atoms with Crippen molar-refractivity contribution >= 4 is 47.1 Å². The van der Waals surface area contributed by atoms with Crippen LogP contribution in [-0.4, -0.2) is 61.6 Å². The van der Waals surface area contributed by atoms with Gasteiger partial charge >= 0.3 is 5.97 Å². The van der Waals surface area contributed by atoms with Gasteiger partial charge in [-0.05, 0) is 77.4 Å². The van der Waals surface area contributed by atoms with Gasteiger partial charge in [0, 0.05) is 34.5 Å². The second-order valence-electron chi connectivity index (χ2n) is 9.34. The molecule has 12 nitrogen and oxygen atoms in total. The molecule has 3 amide bonds. The maximum Gasteiger partial charge on any atom is 0.305 e. The lowest BCUT2D eigenvalue weighted by Crippen LogP contribution is -2.43. The lowest BCUT2D eigenvalue weighted by atomic mass is 10.0. The van der Waals surface area contributed by atoms with Crippen molar-refractivity contribution in [3.63, 3.8) is 0 Å². The molecule has 0 fully saturated rings. The Kier molecular flexibility index (Phi) is 10.7. The first-order valence-electron chi connectivity index (χ1n) is 13.2. The molecular formula is C30H28ClN7O5. The van der Waals surface area contributed by atoms with Gasteiger partial charge in [0.15, 0.2) is 0 Å². The van der Waals surface area contributed by atoms with Gasteiger partial charge in [0.1, 0.15) is 12.4 Å². The largest absolute Gasteiger partial charge is 0.481 e. The number of carboxylic acid groups (broad SMARTS) is 1. The molecule has 4 N–H and O–H groups in total. The van der Waals surface area contributed by atoms with E-state index in [4.69, 9.17) is 16.7 Å². The lowest BCUT2D eigenvalue weighted by molar-refractivity contribution is -0.136. The molecule has 43 heavy (non-hydrogen) atoms. The van der Waals surface area contributed by atoms with Crippen molar-refractivity contribution in [2.24, 2.45) is 0 Å². The predicted molar refractivity (Wildman–Crippen MR) is 160 cm³/mol. The first-order valence-corrected chi connectivity index (χ1v) is 13.6. The minimum absolute atomic E-state index is 0.000172. The summed E-state index contributed by atoms with van der Waals surface area (Å²) < 4.78 is 1.44. The average molecular weight is 602 g/mol. The summed E-state index contributed by atoms with van der Waals surface area (Å²) in [5.74, 6) is -2.37. The normalized spacial score (nSPS) is 11.6. The van der Waals surface area contributed by atoms with Crippen molar-refractivity contribution in [2.75, 3.05) is 11.9 Å². The predicted octanol–water partition coefficient (Wildman–Crippen LogP) is 3.29. The van der Waals surface area contributed by atoms with Gasteiger partial charge in [-0.15, -0.1) is 5.10 Å². The number of hydrogen-bond acceptors (Lipinski definition) is 7. The van der Waals surface area contributed by atoms with E-state index in [1.54, 1.807) is 36.4 Å². The Balaban J connectivity index is 1.44. The fraction of sp³-hybridized carbons (Fsp3) is 0.167. The molecule has 0 aliphatic carbocycles. The summed E-state index contributed by atoms with van der Waals surface area (Å²) >= 11 is 6.16. The number of nitrogens with zero attached hydrogens (tertiary/aromatic N) is 4. The van der Waals surface area contributed by atoms with Crippen LogP contribution < -0.4 is 16.0 Å². The summed E-state index contributed by atoms with van der Waals surface area (Å²) in [6.07, 6.45) is 4.96. The number of carbonyl (C=O) groups excluding carboxylic acids is 3. The number of amides is 3. The summed E-state index contributed by atoms with van der Waals surface area (Å²) in [7, 11) is 0. The van der Waals surface area contributed by atoms with Crippen LogP contribution in [0.5, 0.6) is 0 Å². The maximum absolute atomic E-state index is 13.3. The summed E-state index contributed by atoms with van der Waals surface area (Å²) in [6, 6.07) is 19.9. The topological polar surface area (TPSA) is 168 Å². The molecule has 0 radical (unpaired) electrons. The first-order chi connectivity index (χ1) is 20.8. The van der Waals surface area contributed by atoms with Crippen LogP contribution in [0.4, 0.5) is 5.69 Å². The molecule has 0 unspecified atom stereocenters. The number of hydrogen-bond donors (Lipinski definition) is 4. The van der Waals surface area contributed by atoms with E-state index >= 15 is 0 Å². The van der Waals surface area contributed by atoms with Crippen molar-refractivity contribution in [1.29, 1.82) is 0 Å². The zero-order valence-electron chi connectivity index (χ0n) is 22.8. The van der Waals surface area contributed by atoms with Crippen molar-refractivity contribution in [2.45, 2.75) is 25.3 Å². The number of benzene rings is 3. The number of carboxylic acids is 1. The maximum atomic E-state index is 13.3. The number of rotatable bonds is 13. The molecular weight excluding hydrogens is 574 g/mol. The summed E-state index contributed by atoms with van der Waals surface area (Å²) in [5, 5.41) is 28.4. The highest BCUT2D eigenvalue weighted by atomic mass is 35.5. The minimum atomic E-state index is -1.01. The van der Waals surface area contributed by atoms with Gasteiger partial charge < -0.3 is 21.1 Å². The highest BCUT2D eigenvalue weighted by molar-refractivity contribution is 6.30. The molecule has 4 aromatic rings. The third kappa shape index (κ3) is 9.33. The molecule has 1 heterocycles. The van der Waals surface area contributed by atoms with Crippen LogP contribution in [0.3, 0.4) is 0 Å². The first kappa shape index (κ1) is 30.6. The summed E-state index contributed by atoms with van der Waals surface area (Å²) in [5.41, 5.74) is 2.94. The van der Waals surface area contributed by atoms with Crippen molar-refractivity contribution in [3.8, 4) is 5.69 Å². The van der Waals surface area contributed by atoms with Crippen LogP contribution >= 0.6 is 11.6 Å². The van der Waals surface area contributed by atoms with Crippen molar-refractivity contribution in [3.05, 3.63) is 107 Å². The molecule has 0 saturated heterocycles. The third-order valence-electron chi connectivity index (χ3n) is 6.24. The number of carbonyl (C=O) groups is 4. The average Bonchev–Trinajstić information content (AvgIpc) is 3.54. The number of aliphatic carboxylic acids is 1. The quantitative estimate of drug-likeness (QED) is 0.169. The molecule has 1 atom stereocenters. The second kappa shape index (κ2) is 15.0. The number of anilines is 1. The molecule has 0 saturated carbocycles. The standard InChI is InChI=1S/C30H28ClN7O5/c31-23-10-14-26(38-19-33-36-37-38)22(18-23)9-15-27(39)35-25(13-6-20-4-2-1-3-5-20)30(43)34-24-11-7-21(8-12-24)29(42)32-17-16-28(40)41/h1-5,7-12,14-15,18-19,25H,6,13,16-17H2,(H,32,42)(H,34,43)(H,35,39)(H,40,41)/b15-9+/t25-/m0/s1. The molecule has 3 aromatic carbocycles. The smallest absolute Gasteiger partial charge is 0.305 e. The summed E-state index contributed by atoms with van der Waals surface area (Å²) in [4.78, 5) is 49.1. The molecule has 220 valence electrons. The lowest BCUT2D eigenvalue weighted by Gasteiger charge is -2.18. The zero-order chi connectivity index (χ0) is 30.6.